The van der Waals surface area contributed by atoms with Crippen molar-refractivity contribution in [2.24, 2.45) is 0 Å². The fourth-order valence-electron chi connectivity index (χ4n) is 3.36. The summed E-state index contributed by atoms with van der Waals surface area (Å²) in [5.41, 5.74) is 1.94. The van der Waals surface area contributed by atoms with Crippen LogP contribution in [0.1, 0.15) is 12.6 Å². The van der Waals surface area contributed by atoms with Crippen LogP contribution in [-0.2, 0) is 11.2 Å². The van der Waals surface area contributed by atoms with E-state index in [1.54, 1.807) is 4.90 Å². The Morgan fingerprint density at radius 1 is 1.24 bits per heavy atom. The molecule has 134 valence electrons. The predicted octanol–water partition coefficient (Wildman–Crippen LogP) is -0.383. The van der Waals surface area contributed by atoms with Gasteiger partial charge in [0.15, 0.2) is 5.65 Å². The molecule has 2 aliphatic heterocycles. The van der Waals surface area contributed by atoms with E-state index in [0.29, 0.717) is 19.6 Å². The lowest BCUT2D eigenvalue weighted by Gasteiger charge is -2.39. The second-order valence-electron chi connectivity index (χ2n) is 6.81. The molecule has 0 radical (unpaired) electrons. The number of aryl methyl sites for hydroxylation is 1. The first kappa shape index (κ1) is 16.3. The third-order valence-corrected chi connectivity index (χ3v) is 5.01. The molecule has 0 bridgehead atoms. The molecule has 0 saturated carbocycles. The number of nitrogens with zero attached hydrogens (tertiary/aromatic N) is 6. The van der Waals surface area contributed by atoms with Crippen molar-refractivity contribution >= 4 is 17.4 Å². The molecule has 1 N–H and O–H groups in total. The van der Waals surface area contributed by atoms with E-state index in [4.69, 9.17) is 0 Å². The van der Waals surface area contributed by atoms with Gasteiger partial charge < -0.3 is 19.3 Å². The van der Waals surface area contributed by atoms with Crippen molar-refractivity contribution in [1.82, 2.24) is 24.2 Å². The predicted molar refractivity (Wildman–Crippen MR) is 93.6 cm³/mol. The quantitative estimate of drug-likeness (QED) is 0.815. The number of hydrogen-bond donors (Lipinski definition) is 1. The topological polar surface area (TPSA) is 77.2 Å². The minimum atomic E-state index is -0.335. The zero-order valence-corrected chi connectivity index (χ0v) is 14.5. The van der Waals surface area contributed by atoms with E-state index >= 15 is 0 Å². The number of aliphatic hydroxyl groups excluding tert-OH is 1. The zero-order valence-electron chi connectivity index (χ0n) is 14.5. The second-order valence-corrected chi connectivity index (χ2v) is 6.81. The zero-order chi connectivity index (χ0) is 17.4. The van der Waals surface area contributed by atoms with Crippen molar-refractivity contribution in [3.63, 3.8) is 0 Å². The monoisotopic (exact) mass is 344 g/mol. The van der Waals surface area contributed by atoms with E-state index in [-0.39, 0.29) is 12.0 Å². The van der Waals surface area contributed by atoms with Gasteiger partial charge in [-0.15, -0.1) is 0 Å². The Hall–Kier alpha value is -2.19. The highest BCUT2D eigenvalue weighted by molar-refractivity contribution is 5.79. The Morgan fingerprint density at radius 3 is 2.68 bits per heavy atom. The molecule has 0 aliphatic carbocycles. The van der Waals surface area contributed by atoms with Crippen molar-refractivity contribution in [3.05, 3.63) is 24.3 Å². The molecule has 0 aromatic carbocycles. The highest BCUT2D eigenvalue weighted by atomic mass is 16.3. The first-order chi connectivity index (χ1) is 12.1. The average Bonchev–Trinajstić information content (AvgIpc) is 3.02. The van der Waals surface area contributed by atoms with Gasteiger partial charge >= 0.3 is 0 Å². The number of anilines is 1. The van der Waals surface area contributed by atoms with Crippen molar-refractivity contribution in [1.29, 1.82) is 0 Å². The minimum absolute atomic E-state index is 0.115. The maximum Gasteiger partial charge on any atom is 0.236 e. The lowest BCUT2D eigenvalue weighted by atomic mass is 10.1. The average molecular weight is 344 g/mol. The van der Waals surface area contributed by atoms with E-state index in [0.717, 1.165) is 49.8 Å². The molecule has 2 saturated heterocycles. The van der Waals surface area contributed by atoms with Crippen molar-refractivity contribution in [3.8, 4) is 0 Å². The fourth-order valence-corrected chi connectivity index (χ4v) is 3.36. The van der Waals surface area contributed by atoms with Gasteiger partial charge in [-0.25, -0.2) is 9.97 Å². The molecule has 2 aromatic heterocycles. The first-order valence-corrected chi connectivity index (χ1v) is 8.89. The smallest absolute Gasteiger partial charge is 0.236 e. The number of fused-ring (bicyclic) bond motifs is 1. The van der Waals surface area contributed by atoms with Gasteiger partial charge in [0, 0.05) is 45.5 Å². The van der Waals surface area contributed by atoms with Crippen LogP contribution in [0.4, 0.5) is 5.82 Å². The minimum Gasteiger partial charge on any atom is -0.389 e. The van der Waals surface area contributed by atoms with E-state index in [2.05, 4.69) is 32.9 Å². The number of aromatic nitrogens is 3. The number of carbonyl (C=O) groups is 1. The van der Waals surface area contributed by atoms with Gasteiger partial charge in [-0.05, 0) is 6.42 Å². The summed E-state index contributed by atoms with van der Waals surface area (Å²) < 4.78 is 2.03. The second kappa shape index (κ2) is 6.61. The fraction of sp³-hybridized carbons (Fsp3) is 0.588. The van der Waals surface area contributed by atoms with E-state index in [1.165, 1.54) is 0 Å². The third-order valence-electron chi connectivity index (χ3n) is 5.01. The van der Waals surface area contributed by atoms with Crippen molar-refractivity contribution in [2.75, 3.05) is 50.7 Å². The number of hydrogen-bond acceptors (Lipinski definition) is 6. The number of carbonyl (C=O) groups excluding carboxylic acids is 1. The van der Waals surface area contributed by atoms with Crippen molar-refractivity contribution < 1.29 is 9.90 Å². The molecule has 4 rings (SSSR count). The molecular formula is C17H24N6O2. The SMILES string of the molecule is CCc1cn2cc(N3CCN(CC(=O)N4CC(O)C4)CC3)ncc2n1. The van der Waals surface area contributed by atoms with Crippen molar-refractivity contribution in [2.45, 2.75) is 19.4 Å². The van der Waals surface area contributed by atoms with Gasteiger partial charge in [-0.3, -0.25) is 9.69 Å². The van der Waals surface area contributed by atoms with Crippen LogP contribution >= 0.6 is 0 Å². The highest BCUT2D eigenvalue weighted by Crippen LogP contribution is 2.16. The van der Waals surface area contributed by atoms with Crippen LogP contribution in [0.2, 0.25) is 0 Å². The van der Waals surface area contributed by atoms with E-state index in [9.17, 15) is 9.90 Å². The Kier molecular flexibility index (Phi) is 4.30. The van der Waals surface area contributed by atoms with Gasteiger partial charge in [0.1, 0.15) is 5.82 Å². The maximum atomic E-state index is 12.1. The molecule has 0 atom stereocenters. The standard InChI is InChI=1S/C17H24N6O2/c1-2-13-8-22-11-16(18-7-15(22)19-13)21-5-3-20(4-6-21)12-17(25)23-9-14(24)10-23/h7-8,11,14,24H,2-6,9-10,12H2,1H3. The molecule has 0 unspecified atom stereocenters. The summed E-state index contributed by atoms with van der Waals surface area (Å²) in [7, 11) is 0. The molecule has 2 aromatic rings. The van der Waals surface area contributed by atoms with Crippen LogP contribution in [-0.4, -0.2) is 87.1 Å². The molecule has 4 heterocycles. The van der Waals surface area contributed by atoms with E-state index < -0.39 is 0 Å². The molecule has 1 amide bonds. The van der Waals surface area contributed by atoms with Gasteiger partial charge in [0.05, 0.1) is 30.7 Å². The number of aliphatic hydroxyl groups is 1. The number of amides is 1. The van der Waals surface area contributed by atoms with Gasteiger partial charge in [0.25, 0.3) is 0 Å². The van der Waals surface area contributed by atoms with E-state index in [1.807, 2.05) is 16.8 Å². The molecule has 2 fully saturated rings. The molecular weight excluding hydrogens is 320 g/mol. The summed E-state index contributed by atoms with van der Waals surface area (Å²) in [6.45, 7) is 6.87. The highest BCUT2D eigenvalue weighted by Gasteiger charge is 2.30. The van der Waals surface area contributed by atoms with Gasteiger partial charge in [-0.1, -0.05) is 6.92 Å². The normalized spacial score (nSPS) is 19.4. The number of likely N-dealkylation sites (tertiary alicyclic amines) is 1. The van der Waals surface area contributed by atoms with Gasteiger partial charge in [-0.2, -0.15) is 0 Å². The van der Waals surface area contributed by atoms with Crippen LogP contribution in [0.25, 0.3) is 5.65 Å². The summed E-state index contributed by atoms with van der Waals surface area (Å²) in [5.74, 6) is 1.06. The Bertz CT molecular complexity index is 762. The largest absolute Gasteiger partial charge is 0.389 e. The van der Waals surface area contributed by atoms with Crippen LogP contribution in [0.15, 0.2) is 18.6 Å². The molecule has 8 heteroatoms. The molecule has 25 heavy (non-hydrogen) atoms. The summed E-state index contributed by atoms with van der Waals surface area (Å²) in [5, 5.41) is 9.30. The number of piperazine rings is 1. The summed E-state index contributed by atoms with van der Waals surface area (Å²) in [6, 6.07) is 0. The molecule has 8 nitrogen and oxygen atoms in total. The lowest BCUT2D eigenvalue weighted by Crippen LogP contribution is -2.57. The maximum absolute atomic E-state index is 12.1. The van der Waals surface area contributed by atoms with Gasteiger partial charge in [0.2, 0.25) is 5.91 Å². The summed E-state index contributed by atoms with van der Waals surface area (Å²) >= 11 is 0. The summed E-state index contributed by atoms with van der Waals surface area (Å²) in [4.78, 5) is 27.3. The van der Waals surface area contributed by atoms with Crippen LogP contribution in [0, 0.1) is 0 Å². The first-order valence-electron chi connectivity index (χ1n) is 8.89. The lowest BCUT2D eigenvalue weighted by molar-refractivity contribution is -0.142. The molecule has 0 spiro atoms. The number of β-amino-alcohol motifs (C(OH)–C–C–N with tert-alkyl or cyclic N) is 1. The molecule has 2 aliphatic rings. The van der Waals surface area contributed by atoms with Crippen LogP contribution in [0.5, 0.6) is 0 Å². The Morgan fingerprint density at radius 2 is 2.00 bits per heavy atom. The Labute approximate surface area is 146 Å². The van der Waals surface area contributed by atoms with Crippen LogP contribution in [0.3, 0.4) is 0 Å². The summed E-state index contributed by atoms with van der Waals surface area (Å²) in [6.07, 6.45) is 6.48. The number of rotatable bonds is 4. The third kappa shape index (κ3) is 3.32. The Balaban J connectivity index is 1.34. The van der Waals surface area contributed by atoms with Crippen LogP contribution < -0.4 is 4.90 Å². The number of imidazole rings is 1.